The SMILES string of the molecule is O=C(CCCl)c1cc2ccccc2o1. The smallest absolute Gasteiger partial charge is 0.199 e. The van der Waals surface area contributed by atoms with Gasteiger partial charge < -0.3 is 4.42 Å². The molecule has 0 saturated carbocycles. The van der Waals surface area contributed by atoms with Crippen LogP contribution in [0.5, 0.6) is 0 Å². The van der Waals surface area contributed by atoms with Crippen LogP contribution in [0.3, 0.4) is 0 Å². The molecular weight excluding hydrogens is 200 g/mol. The van der Waals surface area contributed by atoms with E-state index in [1.165, 1.54) is 0 Å². The third-order valence-corrected chi connectivity index (χ3v) is 2.21. The van der Waals surface area contributed by atoms with Crippen molar-refractivity contribution in [1.82, 2.24) is 0 Å². The van der Waals surface area contributed by atoms with Gasteiger partial charge in [-0.05, 0) is 12.1 Å². The molecule has 14 heavy (non-hydrogen) atoms. The number of Topliss-reactive ketones (excluding diaryl/α,β-unsaturated/α-hetero) is 1. The van der Waals surface area contributed by atoms with Crippen molar-refractivity contribution >= 4 is 28.4 Å². The number of para-hydroxylation sites is 1. The summed E-state index contributed by atoms with van der Waals surface area (Å²) in [5, 5.41) is 0.949. The standard InChI is InChI=1S/C11H9ClO2/c12-6-5-9(13)11-7-8-3-1-2-4-10(8)14-11/h1-4,7H,5-6H2. The van der Waals surface area contributed by atoms with Crippen molar-refractivity contribution in [2.45, 2.75) is 6.42 Å². The van der Waals surface area contributed by atoms with Crippen LogP contribution in [0, 0.1) is 0 Å². The lowest BCUT2D eigenvalue weighted by Gasteiger charge is -1.90. The summed E-state index contributed by atoms with van der Waals surface area (Å²) in [5.74, 6) is 0.679. The average Bonchev–Trinajstić information content (AvgIpc) is 2.61. The molecule has 0 unspecified atom stereocenters. The molecule has 0 aliphatic carbocycles. The fourth-order valence-corrected chi connectivity index (χ4v) is 1.50. The Balaban J connectivity index is 2.40. The van der Waals surface area contributed by atoms with Crippen LogP contribution in [0.1, 0.15) is 17.0 Å². The summed E-state index contributed by atoms with van der Waals surface area (Å²) in [7, 11) is 0. The zero-order valence-corrected chi connectivity index (χ0v) is 8.25. The van der Waals surface area contributed by atoms with E-state index in [0.717, 1.165) is 11.0 Å². The lowest BCUT2D eigenvalue weighted by Crippen LogP contribution is -1.96. The van der Waals surface area contributed by atoms with Gasteiger partial charge in [0, 0.05) is 17.7 Å². The second-order valence-electron chi connectivity index (χ2n) is 3.01. The maximum Gasteiger partial charge on any atom is 0.199 e. The monoisotopic (exact) mass is 208 g/mol. The van der Waals surface area contributed by atoms with Crippen LogP contribution < -0.4 is 0 Å². The number of hydrogen-bond acceptors (Lipinski definition) is 2. The first-order valence-corrected chi connectivity index (χ1v) is 4.92. The van der Waals surface area contributed by atoms with Crippen molar-refractivity contribution in [3.8, 4) is 0 Å². The number of ketones is 1. The predicted molar refractivity (Wildman–Crippen MR) is 55.9 cm³/mol. The van der Waals surface area contributed by atoms with E-state index in [1.807, 2.05) is 24.3 Å². The Morgan fingerprint density at radius 2 is 2.14 bits per heavy atom. The van der Waals surface area contributed by atoms with Gasteiger partial charge in [0.25, 0.3) is 0 Å². The highest BCUT2D eigenvalue weighted by Crippen LogP contribution is 2.19. The summed E-state index contributed by atoms with van der Waals surface area (Å²) in [6.45, 7) is 0. The Morgan fingerprint density at radius 1 is 1.36 bits per heavy atom. The second kappa shape index (κ2) is 3.84. The van der Waals surface area contributed by atoms with Gasteiger partial charge in [0.15, 0.2) is 11.5 Å². The van der Waals surface area contributed by atoms with E-state index in [2.05, 4.69) is 0 Å². The summed E-state index contributed by atoms with van der Waals surface area (Å²) in [5.41, 5.74) is 0.741. The minimum Gasteiger partial charge on any atom is -0.453 e. The molecule has 1 aromatic carbocycles. The number of hydrogen-bond donors (Lipinski definition) is 0. The molecule has 0 aliphatic heterocycles. The molecule has 1 aromatic heterocycles. The molecule has 0 amide bonds. The number of rotatable bonds is 3. The van der Waals surface area contributed by atoms with Gasteiger partial charge in [-0.15, -0.1) is 11.6 Å². The van der Waals surface area contributed by atoms with Crippen LogP contribution in [0.15, 0.2) is 34.7 Å². The zero-order valence-electron chi connectivity index (χ0n) is 7.50. The molecule has 1 heterocycles. The number of furan rings is 1. The Bertz CT molecular complexity index is 426. The summed E-state index contributed by atoms with van der Waals surface area (Å²) < 4.78 is 5.37. The van der Waals surface area contributed by atoms with Gasteiger partial charge in [0.05, 0.1) is 0 Å². The molecule has 0 atom stereocenters. The van der Waals surface area contributed by atoms with Crippen molar-refractivity contribution in [3.63, 3.8) is 0 Å². The molecule has 2 nitrogen and oxygen atoms in total. The zero-order chi connectivity index (χ0) is 9.97. The van der Waals surface area contributed by atoms with Crippen LogP contribution in [-0.2, 0) is 0 Å². The van der Waals surface area contributed by atoms with Crippen molar-refractivity contribution in [2.24, 2.45) is 0 Å². The van der Waals surface area contributed by atoms with E-state index in [4.69, 9.17) is 16.0 Å². The van der Waals surface area contributed by atoms with Crippen LogP contribution in [0.4, 0.5) is 0 Å². The summed E-state index contributed by atoms with van der Waals surface area (Å²) >= 11 is 5.48. The third kappa shape index (κ3) is 1.66. The van der Waals surface area contributed by atoms with Gasteiger partial charge in [-0.2, -0.15) is 0 Å². The molecular formula is C11H9ClO2. The number of benzene rings is 1. The highest BCUT2D eigenvalue weighted by atomic mass is 35.5. The maximum atomic E-state index is 11.4. The molecule has 0 saturated heterocycles. The minimum atomic E-state index is -0.0452. The number of halogens is 1. The Kier molecular flexibility index (Phi) is 2.55. The van der Waals surface area contributed by atoms with Crippen molar-refractivity contribution in [3.05, 3.63) is 36.1 Å². The van der Waals surface area contributed by atoms with E-state index in [-0.39, 0.29) is 5.78 Å². The molecule has 0 aliphatic rings. The minimum absolute atomic E-state index is 0.0452. The van der Waals surface area contributed by atoms with E-state index in [1.54, 1.807) is 6.07 Å². The molecule has 2 aromatic rings. The number of carbonyl (C=O) groups is 1. The highest BCUT2D eigenvalue weighted by Gasteiger charge is 2.10. The van der Waals surface area contributed by atoms with Gasteiger partial charge >= 0.3 is 0 Å². The number of carbonyl (C=O) groups excluding carboxylic acids is 1. The lowest BCUT2D eigenvalue weighted by molar-refractivity contribution is 0.0964. The van der Waals surface area contributed by atoms with Gasteiger partial charge in [-0.3, -0.25) is 4.79 Å². The topological polar surface area (TPSA) is 30.2 Å². The molecule has 3 heteroatoms. The Hall–Kier alpha value is -1.28. The quantitative estimate of drug-likeness (QED) is 0.573. The Labute approximate surface area is 86.5 Å². The molecule has 0 bridgehead atoms. The van der Waals surface area contributed by atoms with E-state index in [0.29, 0.717) is 18.1 Å². The fraction of sp³-hybridized carbons (Fsp3) is 0.182. The lowest BCUT2D eigenvalue weighted by atomic mass is 10.2. The van der Waals surface area contributed by atoms with Gasteiger partial charge in [-0.1, -0.05) is 18.2 Å². The first kappa shape index (κ1) is 9.28. The predicted octanol–water partition coefficient (Wildman–Crippen LogP) is 3.24. The van der Waals surface area contributed by atoms with Crippen molar-refractivity contribution in [2.75, 3.05) is 5.88 Å². The van der Waals surface area contributed by atoms with Gasteiger partial charge in [0.2, 0.25) is 0 Å². The van der Waals surface area contributed by atoms with Gasteiger partial charge in [0.1, 0.15) is 5.58 Å². The normalized spacial score (nSPS) is 10.6. The van der Waals surface area contributed by atoms with Gasteiger partial charge in [-0.25, -0.2) is 0 Å². The third-order valence-electron chi connectivity index (χ3n) is 2.02. The molecule has 2 rings (SSSR count). The van der Waals surface area contributed by atoms with Crippen molar-refractivity contribution < 1.29 is 9.21 Å². The summed E-state index contributed by atoms with van der Waals surface area (Å²) in [4.78, 5) is 11.4. The van der Waals surface area contributed by atoms with E-state index < -0.39 is 0 Å². The van der Waals surface area contributed by atoms with Crippen LogP contribution in [-0.4, -0.2) is 11.7 Å². The first-order chi connectivity index (χ1) is 6.81. The second-order valence-corrected chi connectivity index (χ2v) is 3.39. The maximum absolute atomic E-state index is 11.4. The van der Waals surface area contributed by atoms with E-state index in [9.17, 15) is 4.79 Å². The summed E-state index contributed by atoms with van der Waals surface area (Å²) in [6.07, 6.45) is 0.321. The van der Waals surface area contributed by atoms with Crippen molar-refractivity contribution in [1.29, 1.82) is 0 Å². The molecule has 0 radical (unpaired) electrons. The summed E-state index contributed by atoms with van der Waals surface area (Å²) in [6, 6.07) is 9.29. The molecule has 0 spiro atoms. The molecule has 0 N–H and O–H groups in total. The first-order valence-electron chi connectivity index (χ1n) is 4.39. The fourth-order valence-electron chi connectivity index (χ4n) is 1.33. The largest absolute Gasteiger partial charge is 0.453 e. The molecule has 72 valence electrons. The highest BCUT2D eigenvalue weighted by molar-refractivity contribution is 6.19. The number of fused-ring (bicyclic) bond motifs is 1. The van der Waals surface area contributed by atoms with E-state index >= 15 is 0 Å². The van der Waals surface area contributed by atoms with Crippen LogP contribution in [0.2, 0.25) is 0 Å². The molecule has 0 fully saturated rings. The van der Waals surface area contributed by atoms with Crippen LogP contribution >= 0.6 is 11.6 Å². The van der Waals surface area contributed by atoms with Crippen LogP contribution in [0.25, 0.3) is 11.0 Å². The Morgan fingerprint density at radius 3 is 2.86 bits per heavy atom. The number of alkyl halides is 1. The average molecular weight is 209 g/mol.